The Balaban J connectivity index is 4.34. The van der Waals surface area contributed by atoms with Gasteiger partial charge in [-0.1, -0.05) is 0 Å². The van der Waals surface area contributed by atoms with E-state index in [-0.39, 0.29) is 18.5 Å². The molecule has 6 heteroatoms. The van der Waals surface area contributed by atoms with Gasteiger partial charge in [0.2, 0.25) is 5.91 Å². The summed E-state index contributed by atoms with van der Waals surface area (Å²) in [4.78, 5) is 23.8. The third kappa shape index (κ3) is 6.23. The molecule has 0 rings (SSSR count). The van der Waals surface area contributed by atoms with Gasteiger partial charge in [-0.05, 0) is 26.7 Å². The highest BCUT2D eigenvalue weighted by atomic mass is 16.5. The van der Waals surface area contributed by atoms with Crippen LogP contribution in [-0.2, 0) is 14.3 Å². The van der Waals surface area contributed by atoms with E-state index in [0.29, 0.717) is 19.4 Å². The lowest BCUT2D eigenvalue weighted by molar-refractivity contribution is -0.146. The molecule has 0 heterocycles. The van der Waals surface area contributed by atoms with Crippen molar-refractivity contribution in [1.82, 2.24) is 4.90 Å². The van der Waals surface area contributed by atoms with Crippen molar-refractivity contribution in [1.29, 1.82) is 0 Å². The van der Waals surface area contributed by atoms with Crippen molar-refractivity contribution in [2.24, 2.45) is 5.73 Å². The third-order valence-corrected chi connectivity index (χ3v) is 2.39. The fraction of sp³-hybridized carbons (Fsp3) is 0.818. The number of methoxy groups -OCH3 is 1. The number of amides is 1. The molecule has 6 nitrogen and oxygen atoms in total. The number of hydrogen-bond donors (Lipinski definition) is 2. The van der Waals surface area contributed by atoms with Crippen LogP contribution in [0.2, 0.25) is 0 Å². The highest BCUT2D eigenvalue weighted by Gasteiger charge is 2.24. The SMILES string of the molecule is COCCCC(N)C(=O)N(CC(=O)O)C(C)C. The number of hydrogen-bond acceptors (Lipinski definition) is 4. The minimum absolute atomic E-state index is 0.174. The summed E-state index contributed by atoms with van der Waals surface area (Å²) in [5, 5.41) is 8.72. The number of carboxylic acids is 1. The molecule has 0 aliphatic heterocycles. The number of aliphatic carboxylic acids is 1. The molecule has 0 bridgehead atoms. The molecule has 0 aromatic rings. The summed E-state index contributed by atoms with van der Waals surface area (Å²) in [6, 6.07) is -0.834. The minimum atomic E-state index is -1.03. The number of nitrogens with two attached hydrogens (primary N) is 1. The lowest BCUT2D eigenvalue weighted by Gasteiger charge is -2.27. The predicted octanol–water partition coefficient (Wildman–Crippen LogP) is 0.0619. The number of rotatable bonds is 8. The average Bonchev–Trinajstić information content (AvgIpc) is 2.24. The number of carboxylic acid groups (broad SMARTS) is 1. The van der Waals surface area contributed by atoms with Crippen LogP contribution in [0.5, 0.6) is 0 Å². The van der Waals surface area contributed by atoms with Gasteiger partial charge in [-0.15, -0.1) is 0 Å². The first kappa shape index (κ1) is 15.9. The van der Waals surface area contributed by atoms with Crippen LogP contribution in [0.1, 0.15) is 26.7 Å². The Morgan fingerprint density at radius 2 is 2.00 bits per heavy atom. The first-order valence-electron chi connectivity index (χ1n) is 5.67. The number of carbonyl (C=O) groups excluding carboxylic acids is 1. The first-order chi connectivity index (χ1) is 7.90. The molecular formula is C11H22N2O4. The van der Waals surface area contributed by atoms with Gasteiger partial charge >= 0.3 is 5.97 Å². The molecule has 1 amide bonds. The molecule has 100 valence electrons. The summed E-state index contributed by atoms with van der Waals surface area (Å²) in [7, 11) is 1.58. The maximum Gasteiger partial charge on any atom is 0.323 e. The lowest BCUT2D eigenvalue weighted by atomic mass is 10.1. The Labute approximate surface area is 102 Å². The zero-order valence-corrected chi connectivity index (χ0v) is 10.7. The minimum Gasteiger partial charge on any atom is -0.480 e. The van der Waals surface area contributed by atoms with Crippen molar-refractivity contribution in [3.63, 3.8) is 0 Å². The van der Waals surface area contributed by atoms with Gasteiger partial charge in [0.25, 0.3) is 0 Å². The molecule has 0 aromatic carbocycles. The Morgan fingerprint density at radius 1 is 1.41 bits per heavy atom. The second kappa shape index (κ2) is 8.03. The zero-order chi connectivity index (χ0) is 13.4. The predicted molar refractivity (Wildman–Crippen MR) is 63.6 cm³/mol. The highest BCUT2D eigenvalue weighted by Crippen LogP contribution is 2.05. The van der Waals surface area contributed by atoms with E-state index >= 15 is 0 Å². The van der Waals surface area contributed by atoms with Crippen LogP contribution in [0.4, 0.5) is 0 Å². The Bertz CT molecular complexity index is 256. The van der Waals surface area contributed by atoms with E-state index in [9.17, 15) is 9.59 Å². The average molecular weight is 246 g/mol. The Hall–Kier alpha value is -1.14. The molecule has 0 saturated carbocycles. The van der Waals surface area contributed by atoms with E-state index in [2.05, 4.69) is 0 Å². The maximum atomic E-state index is 11.9. The van der Waals surface area contributed by atoms with Crippen molar-refractivity contribution < 1.29 is 19.4 Å². The summed E-state index contributed by atoms with van der Waals surface area (Å²) in [6.07, 6.45) is 1.18. The first-order valence-corrected chi connectivity index (χ1v) is 5.67. The van der Waals surface area contributed by atoms with Gasteiger partial charge in [-0.25, -0.2) is 0 Å². The number of carbonyl (C=O) groups is 2. The molecule has 0 fully saturated rings. The van der Waals surface area contributed by atoms with Crippen molar-refractivity contribution in [2.75, 3.05) is 20.3 Å². The molecule has 3 N–H and O–H groups in total. The van der Waals surface area contributed by atoms with Gasteiger partial charge in [-0.2, -0.15) is 0 Å². The van der Waals surface area contributed by atoms with Gasteiger partial charge in [0.05, 0.1) is 6.04 Å². The molecular weight excluding hydrogens is 224 g/mol. The summed E-state index contributed by atoms with van der Waals surface area (Å²) in [6.45, 7) is 3.77. The van der Waals surface area contributed by atoms with Crippen LogP contribution in [0.3, 0.4) is 0 Å². The topological polar surface area (TPSA) is 92.9 Å². The fourth-order valence-electron chi connectivity index (χ4n) is 1.44. The molecule has 1 unspecified atom stereocenters. The normalized spacial score (nSPS) is 12.5. The molecule has 0 aliphatic rings. The molecule has 17 heavy (non-hydrogen) atoms. The van der Waals surface area contributed by atoms with Crippen LogP contribution in [0.15, 0.2) is 0 Å². The standard InChI is InChI=1S/C11H22N2O4/c1-8(2)13(7-10(14)15)11(16)9(12)5-4-6-17-3/h8-9H,4-7,12H2,1-3H3,(H,14,15). The van der Waals surface area contributed by atoms with Gasteiger partial charge < -0.3 is 20.5 Å². The van der Waals surface area contributed by atoms with Gasteiger partial charge in [0.1, 0.15) is 6.54 Å². The van der Waals surface area contributed by atoms with E-state index in [0.717, 1.165) is 0 Å². The molecule has 1 atom stereocenters. The van der Waals surface area contributed by atoms with E-state index in [4.69, 9.17) is 15.6 Å². The monoisotopic (exact) mass is 246 g/mol. The van der Waals surface area contributed by atoms with E-state index in [1.807, 2.05) is 0 Å². The second-order valence-electron chi connectivity index (χ2n) is 4.20. The molecule has 0 aromatic heterocycles. The molecule has 0 aliphatic carbocycles. The molecule has 0 saturated heterocycles. The van der Waals surface area contributed by atoms with E-state index in [1.54, 1.807) is 21.0 Å². The summed E-state index contributed by atoms with van der Waals surface area (Å²) in [5.41, 5.74) is 5.73. The highest BCUT2D eigenvalue weighted by molar-refractivity contribution is 5.85. The number of nitrogens with zero attached hydrogens (tertiary/aromatic N) is 1. The van der Waals surface area contributed by atoms with Crippen LogP contribution in [0, 0.1) is 0 Å². The Kier molecular flexibility index (Phi) is 7.49. The van der Waals surface area contributed by atoms with Gasteiger partial charge in [0, 0.05) is 19.8 Å². The van der Waals surface area contributed by atoms with Crippen LogP contribution >= 0.6 is 0 Å². The van der Waals surface area contributed by atoms with E-state index < -0.39 is 12.0 Å². The van der Waals surface area contributed by atoms with Gasteiger partial charge in [-0.3, -0.25) is 9.59 Å². The summed E-state index contributed by atoms with van der Waals surface area (Å²) in [5.74, 6) is -1.35. The second-order valence-corrected chi connectivity index (χ2v) is 4.20. The lowest BCUT2D eigenvalue weighted by Crippen LogP contribution is -2.49. The smallest absolute Gasteiger partial charge is 0.323 e. The van der Waals surface area contributed by atoms with Crippen LogP contribution in [-0.4, -0.2) is 54.2 Å². The third-order valence-electron chi connectivity index (χ3n) is 2.39. The van der Waals surface area contributed by atoms with E-state index in [1.165, 1.54) is 4.90 Å². The Morgan fingerprint density at radius 3 is 2.41 bits per heavy atom. The van der Waals surface area contributed by atoms with Crippen LogP contribution in [0.25, 0.3) is 0 Å². The zero-order valence-electron chi connectivity index (χ0n) is 10.7. The van der Waals surface area contributed by atoms with Crippen LogP contribution < -0.4 is 5.73 Å². The summed E-state index contributed by atoms with van der Waals surface area (Å²) < 4.78 is 4.87. The van der Waals surface area contributed by atoms with Crippen molar-refractivity contribution in [3.05, 3.63) is 0 Å². The quantitative estimate of drug-likeness (QED) is 0.591. The fourth-order valence-corrected chi connectivity index (χ4v) is 1.44. The molecule has 0 radical (unpaired) electrons. The maximum absolute atomic E-state index is 11.9. The van der Waals surface area contributed by atoms with Crippen molar-refractivity contribution in [3.8, 4) is 0 Å². The van der Waals surface area contributed by atoms with Crippen molar-refractivity contribution in [2.45, 2.75) is 38.8 Å². The number of ether oxygens (including phenoxy) is 1. The van der Waals surface area contributed by atoms with Gasteiger partial charge in [0.15, 0.2) is 0 Å². The summed E-state index contributed by atoms with van der Waals surface area (Å²) >= 11 is 0. The van der Waals surface area contributed by atoms with Crippen molar-refractivity contribution >= 4 is 11.9 Å². The largest absolute Gasteiger partial charge is 0.480 e. The molecule has 0 spiro atoms.